The molecule has 3 rings (SSSR count). The number of nitrogens with zero attached hydrogens (tertiary/aromatic N) is 2. The van der Waals surface area contributed by atoms with Crippen molar-refractivity contribution in [2.45, 2.75) is 51.9 Å². The van der Waals surface area contributed by atoms with E-state index in [0.717, 1.165) is 0 Å². The van der Waals surface area contributed by atoms with Crippen molar-refractivity contribution in [2.24, 2.45) is 0 Å². The summed E-state index contributed by atoms with van der Waals surface area (Å²) in [5, 5.41) is 2.81. The number of rotatable bonds is 4. The first-order valence-electron chi connectivity index (χ1n) is 10.2. The zero-order valence-corrected chi connectivity index (χ0v) is 18.1. The van der Waals surface area contributed by atoms with Gasteiger partial charge in [0.25, 0.3) is 0 Å². The molecule has 1 aliphatic heterocycles. The van der Waals surface area contributed by atoms with Crippen LogP contribution >= 0.6 is 0 Å². The maximum Gasteiger partial charge on any atom is 0.407 e. The highest BCUT2D eigenvalue weighted by Gasteiger charge is 2.32. The summed E-state index contributed by atoms with van der Waals surface area (Å²) in [5.74, 6) is -1.09. The number of hydrogen-bond acceptors (Lipinski definition) is 6. The fourth-order valence-corrected chi connectivity index (χ4v) is 3.49. The molecule has 31 heavy (non-hydrogen) atoms. The predicted molar refractivity (Wildman–Crippen MR) is 113 cm³/mol. The molecule has 2 atom stereocenters. The molecule has 1 aliphatic rings. The number of benzene rings is 1. The SMILES string of the molecule is CCOC(=O)c1ccc2c(F)ccc(N3CC[C@H](NC(=O)OC(C)(C)C)[C@H](F)C3)c2n1. The Morgan fingerprint density at radius 3 is 2.65 bits per heavy atom. The van der Waals surface area contributed by atoms with Gasteiger partial charge in [0, 0.05) is 11.9 Å². The summed E-state index contributed by atoms with van der Waals surface area (Å²) in [4.78, 5) is 30.1. The number of halogens is 2. The van der Waals surface area contributed by atoms with Gasteiger partial charge >= 0.3 is 12.1 Å². The largest absolute Gasteiger partial charge is 0.461 e. The third-order valence-electron chi connectivity index (χ3n) is 4.85. The standard InChI is InChI=1S/C22H27F2N3O4/c1-5-30-20(28)17-8-6-13-14(23)7-9-18(19(13)25-17)27-11-10-16(15(24)12-27)26-21(29)31-22(2,3)4/h6-9,15-16H,5,10-12H2,1-4H3,(H,26,29)/t15-,16+/m1/s1. The van der Waals surface area contributed by atoms with Crippen LogP contribution in [0.25, 0.3) is 10.9 Å². The maximum atomic E-state index is 14.9. The van der Waals surface area contributed by atoms with E-state index in [1.54, 1.807) is 32.6 Å². The third kappa shape index (κ3) is 5.39. The Hall–Kier alpha value is -2.97. The lowest BCUT2D eigenvalue weighted by molar-refractivity contribution is 0.0462. The van der Waals surface area contributed by atoms with Crippen LogP contribution in [0.1, 0.15) is 44.6 Å². The van der Waals surface area contributed by atoms with E-state index in [9.17, 15) is 18.4 Å². The van der Waals surface area contributed by atoms with Gasteiger partial charge in [0.2, 0.25) is 0 Å². The molecule has 1 amide bonds. The van der Waals surface area contributed by atoms with Crippen LogP contribution < -0.4 is 10.2 Å². The Kier molecular flexibility index (Phi) is 6.62. The van der Waals surface area contributed by atoms with Crippen LogP contribution in [0.2, 0.25) is 0 Å². The second-order valence-corrected chi connectivity index (χ2v) is 8.38. The Labute approximate surface area is 179 Å². The van der Waals surface area contributed by atoms with Crippen molar-refractivity contribution in [3.8, 4) is 0 Å². The van der Waals surface area contributed by atoms with E-state index in [1.807, 2.05) is 0 Å². The Morgan fingerprint density at radius 1 is 1.26 bits per heavy atom. The molecule has 1 saturated heterocycles. The number of pyridine rings is 1. The zero-order valence-electron chi connectivity index (χ0n) is 18.1. The minimum Gasteiger partial charge on any atom is -0.461 e. The molecule has 1 N–H and O–H groups in total. The highest BCUT2D eigenvalue weighted by molar-refractivity contribution is 5.96. The number of amides is 1. The van der Waals surface area contributed by atoms with E-state index in [1.165, 1.54) is 24.3 Å². The molecule has 168 valence electrons. The molecular formula is C22H27F2N3O4. The third-order valence-corrected chi connectivity index (χ3v) is 4.85. The lowest BCUT2D eigenvalue weighted by Crippen LogP contribution is -2.53. The van der Waals surface area contributed by atoms with Gasteiger partial charge in [-0.25, -0.2) is 23.4 Å². The molecule has 1 fully saturated rings. The van der Waals surface area contributed by atoms with Crippen LogP contribution in [-0.4, -0.2) is 54.6 Å². The van der Waals surface area contributed by atoms with Gasteiger partial charge in [0.05, 0.1) is 30.4 Å². The number of piperidine rings is 1. The van der Waals surface area contributed by atoms with E-state index in [-0.39, 0.29) is 29.7 Å². The number of esters is 1. The molecule has 0 saturated carbocycles. The number of alkyl carbamates (subject to hydrolysis) is 1. The van der Waals surface area contributed by atoms with Gasteiger partial charge in [-0.2, -0.15) is 0 Å². The molecule has 0 radical (unpaired) electrons. The number of carbonyl (C=O) groups excluding carboxylic acids is 2. The maximum absolute atomic E-state index is 14.9. The Morgan fingerprint density at radius 2 is 2.00 bits per heavy atom. The van der Waals surface area contributed by atoms with Crippen LogP contribution in [0.4, 0.5) is 19.3 Å². The topological polar surface area (TPSA) is 80.8 Å². The first-order valence-corrected chi connectivity index (χ1v) is 10.2. The molecule has 1 aromatic heterocycles. The number of nitrogens with one attached hydrogen (secondary N) is 1. The molecule has 2 heterocycles. The number of alkyl halides is 1. The summed E-state index contributed by atoms with van der Waals surface area (Å²) in [7, 11) is 0. The first kappa shape index (κ1) is 22.7. The van der Waals surface area contributed by atoms with Crippen molar-refractivity contribution in [3.05, 3.63) is 35.8 Å². The quantitative estimate of drug-likeness (QED) is 0.732. The molecule has 7 nitrogen and oxygen atoms in total. The predicted octanol–water partition coefficient (Wildman–Crippen LogP) is 3.99. The van der Waals surface area contributed by atoms with Gasteiger partial charge in [0.15, 0.2) is 0 Å². The number of aromatic nitrogens is 1. The number of ether oxygens (including phenoxy) is 2. The van der Waals surface area contributed by atoms with Crippen molar-refractivity contribution in [2.75, 3.05) is 24.6 Å². The second-order valence-electron chi connectivity index (χ2n) is 8.38. The summed E-state index contributed by atoms with van der Waals surface area (Å²) in [6, 6.07) is 5.00. The average Bonchev–Trinajstić information content (AvgIpc) is 2.68. The van der Waals surface area contributed by atoms with Crippen LogP contribution in [0.3, 0.4) is 0 Å². The van der Waals surface area contributed by atoms with E-state index in [4.69, 9.17) is 9.47 Å². The van der Waals surface area contributed by atoms with Gasteiger partial charge in [-0.3, -0.25) is 0 Å². The molecule has 1 aromatic carbocycles. The van der Waals surface area contributed by atoms with Crippen molar-refractivity contribution in [3.63, 3.8) is 0 Å². The van der Waals surface area contributed by atoms with E-state index < -0.39 is 35.7 Å². The number of carbonyl (C=O) groups is 2. The van der Waals surface area contributed by atoms with Gasteiger partial charge in [-0.1, -0.05) is 0 Å². The van der Waals surface area contributed by atoms with Crippen molar-refractivity contribution in [1.82, 2.24) is 10.3 Å². The molecule has 0 bridgehead atoms. The molecule has 2 aromatic rings. The fourth-order valence-electron chi connectivity index (χ4n) is 3.49. The molecule has 0 aliphatic carbocycles. The van der Waals surface area contributed by atoms with Gasteiger partial charge in [-0.05, 0) is 58.4 Å². The number of hydrogen-bond donors (Lipinski definition) is 1. The Balaban J connectivity index is 1.81. The highest BCUT2D eigenvalue weighted by Crippen LogP contribution is 2.30. The molecular weight excluding hydrogens is 408 g/mol. The lowest BCUT2D eigenvalue weighted by Gasteiger charge is -2.37. The minimum atomic E-state index is -1.37. The van der Waals surface area contributed by atoms with Crippen molar-refractivity contribution >= 4 is 28.7 Å². The summed E-state index contributed by atoms with van der Waals surface area (Å²) in [6.07, 6.45) is -1.70. The summed E-state index contributed by atoms with van der Waals surface area (Å²) in [6.45, 7) is 7.47. The normalized spacial score (nSPS) is 19.2. The number of anilines is 1. The van der Waals surface area contributed by atoms with Crippen LogP contribution in [0.5, 0.6) is 0 Å². The zero-order chi connectivity index (χ0) is 22.8. The second kappa shape index (κ2) is 9.03. The molecule has 9 heteroatoms. The molecule has 0 spiro atoms. The van der Waals surface area contributed by atoms with Crippen LogP contribution in [-0.2, 0) is 9.47 Å². The van der Waals surface area contributed by atoms with Gasteiger partial charge < -0.3 is 19.7 Å². The summed E-state index contributed by atoms with van der Waals surface area (Å²) < 4.78 is 39.4. The first-order chi connectivity index (χ1) is 14.6. The fraction of sp³-hybridized carbons (Fsp3) is 0.500. The molecule has 0 unspecified atom stereocenters. The lowest BCUT2D eigenvalue weighted by atomic mass is 10.0. The minimum absolute atomic E-state index is 0.0213. The van der Waals surface area contributed by atoms with Crippen LogP contribution in [0, 0.1) is 5.82 Å². The summed E-state index contributed by atoms with van der Waals surface area (Å²) in [5.41, 5.74) is 0.156. The van der Waals surface area contributed by atoms with E-state index >= 15 is 0 Å². The van der Waals surface area contributed by atoms with Gasteiger partial charge in [0.1, 0.15) is 23.3 Å². The smallest absolute Gasteiger partial charge is 0.407 e. The Bertz CT molecular complexity index is 977. The van der Waals surface area contributed by atoms with Crippen molar-refractivity contribution in [1.29, 1.82) is 0 Å². The van der Waals surface area contributed by atoms with Crippen LogP contribution in [0.15, 0.2) is 24.3 Å². The average molecular weight is 435 g/mol. The number of fused-ring (bicyclic) bond motifs is 1. The van der Waals surface area contributed by atoms with E-state index in [2.05, 4.69) is 10.3 Å². The van der Waals surface area contributed by atoms with Crippen molar-refractivity contribution < 1.29 is 27.8 Å². The van der Waals surface area contributed by atoms with E-state index in [0.29, 0.717) is 18.7 Å². The summed E-state index contributed by atoms with van der Waals surface area (Å²) >= 11 is 0. The highest BCUT2D eigenvalue weighted by atomic mass is 19.1. The van der Waals surface area contributed by atoms with Gasteiger partial charge in [-0.15, -0.1) is 0 Å². The monoisotopic (exact) mass is 435 g/mol.